The lowest BCUT2D eigenvalue weighted by Crippen LogP contribution is -2.59. The summed E-state index contributed by atoms with van der Waals surface area (Å²) in [5.74, 6) is -0.191. The van der Waals surface area contributed by atoms with E-state index in [4.69, 9.17) is 4.74 Å². The fourth-order valence-corrected chi connectivity index (χ4v) is 2.95. The molecule has 0 N–H and O–H groups in total. The summed E-state index contributed by atoms with van der Waals surface area (Å²) in [5.41, 5.74) is -0.215. The molecule has 0 radical (unpaired) electrons. The van der Waals surface area contributed by atoms with Crippen LogP contribution in [0, 0.1) is 5.92 Å². The highest BCUT2D eigenvalue weighted by Gasteiger charge is 2.46. The van der Waals surface area contributed by atoms with Crippen molar-refractivity contribution in [1.29, 1.82) is 0 Å². The van der Waals surface area contributed by atoms with Crippen LogP contribution in [0.3, 0.4) is 0 Å². The average molecular weight is 297 g/mol. The van der Waals surface area contributed by atoms with E-state index in [9.17, 15) is 9.59 Å². The summed E-state index contributed by atoms with van der Waals surface area (Å²) in [6.07, 6.45) is 7.99. The Morgan fingerprint density at radius 2 is 1.86 bits per heavy atom. The number of nitrogens with zero attached hydrogens (tertiary/aromatic N) is 1. The molecule has 2 aliphatic rings. The van der Waals surface area contributed by atoms with Crippen molar-refractivity contribution in [2.75, 3.05) is 11.5 Å². The molecule has 3 rings (SSSR count). The number of anilines is 1. The molecule has 114 valence electrons. The lowest BCUT2D eigenvalue weighted by Gasteiger charge is -2.46. The summed E-state index contributed by atoms with van der Waals surface area (Å²) in [7, 11) is 0. The number of allylic oxidation sites excluding steroid dienone is 2. The Morgan fingerprint density at radius 1 is 1.18 bits per heavy atom. The number of rotatable bonds is 3. The summed E-state index contributed by atoms with van der Waals surface area (Å²) >= 11 is 0. The fourth-order valence-electron chi connectivity index (χ4n) is 2.95. The first-order valence-corrected chi connectivity index (χ1v) is 7.62. The van der Waals surface area contributed by atoms with E-state index in [0.717, 1.165) is 18.5 Å². The van der Waals surface area contributed by atoms with Gasteiger partial charge in [-0.05, 0) is 42.9 Å². The molecule has 1 aromatic rings. The van der Waals surface area contributed by atoms with Crippen molar-refractivity contribution in [3.63, 3.8) is 0 Å². The monoisotopic (exact) mass is 297 g/mol. The van der Waals surface area contributed by atoms with Crippen molar-refractivity contribution in [1.82, 2.24) is 0 Å². The molecular formula is C18H19NO3. The van der Waals surface area contributed by atoms with Gasteiger partial charge in [0, 0.05) is 5.69 Å². The van der Waals surface area contributed by atoms with Crippen LogP contribution in [-0.4, -0.2) is 24.0 Å². The number of benzene rings is 1. The quantitative estimate of drug-likeness (QED) is 0.862. The third-order valence-corrected chi connectivity index (χ3v) is 4.06. The van der Waals surface area contributed by atoms with Crippen LogP contribution >= 0.6 is 0 Å². The number of hydrogen-bond donors (Lipinski definition) is 0. The molecule has 1 heterocycles. The molecule has 1 aliphatic heterocycles. The first-order valence-electron chi connectivity index (χ1n) is 7.62. The number of carbonyl (C=O) groups is 2. The van der Waals surface area contributed by atoms with Crippen molar-refractivity contribution in [3.05, 3.63) is 54.6 Å². The van der Waals surface area contributed by atoms with Gasteiger partial charge in [-0.25, -0.2) is 0 Å². The van der Waals surface area contributed by atoms with Crippen LogP contribution in [-0.2, 0) is 14.3 Å². The Morgan fingerprint density at radius 3 is 2.50 bits per heavy atom. The Labute approximate surface area is 130 Å². The van der Waals surface area contributed by atoms with Crippen molar-refractivity contribution in [3.8, 4) is 0 Å². The van der Waals surface area contributed by atoms with E-state index >= 15 is 0 Å². The zero-order chi connectivity index (χ0) is 15.6. The SMILES string of the molecule is CCCC1COC2(C=CC(=O)C=C2)N(c2ccccc2)C1=O. The van der Waals surface area contributed by atoms with E-state index in [-0.39, 0.29) is 17.6 Å². The molecule has 0 aromatic heterocycles. The first kappa shape index (κ1) is 14.7. The largest absolute Gasteiger partial charge is 0.347 e. The van der Waals surface area contributed by atoms with Crippen molar-refractivity contribution in [2.45, 2.75) is 25.5 Å². The number of carbonyl (C=O) groups excluding carboxylic acids is 2. The molecule has 1 atom stereocenters. The van der Waals surface area contributed by atoms with Gasteiger partial charge >= 0.3 is 0 Å². The third-order valence-electron chi connectivity index (χ3n) is 4.06. The highest BCUT2D eigenvalue weighted by Crippen LogP contribution is 2.36. The van der Waals surface area contributed by atoms with E-state index < -0.39 is 5.72 Å². The van der Waals surface area contributed by atoms with Gasteiger partial charge in [-0.1, -0.05) is 31.5 Å². The first-order chi connectivity index (χ1) is 10.7. The molecule has 22 heavy (non-hydrogen) atoms. The van der Waals surface area contributed by atoms with E-state index in [1.54, 1.807) is 17.1 Å². The maximum Gasteiger partial charge on any atom is 0.235 e. The van der Waals surface area contributed by atoms with Crippen molar-refractivity contribution < 1.29 is 14.3 Å². The maximum atomic E-state index is 13.0. The van der Waals surface area contributed by atoms with Gasteiger partial charge < -0.3 is 4.74 Å². The Kier molecular flexibility index (Phi) is 3.94. The summed E-state index contributed by atoms with van der Waals surface area (Å²) < 4.78 is 6.04. The second-order valence-electron chi connectivity index (χ2n) is 5.63. The smallest absolute Gasteiger partial charge is 0.235 e. The zero-order valence-electron chi connectivity index (χ0n) is 12.6. The fraction of sp³-hybridized carbons (Fsp3) is 0.333. The molecule has 0 bridgehead atoms. The Bertz CT molecular complexity index is 617. The maximum absolute atomic E-state index is 13.0. The van der Waals surface area contributed by atoms with E-state index in [0.29, 0.717) is 6.61 Å². The van der Waals surface area contributed by atoms with Gasteiger partial charge in [0.1, 0.15) is 0 Å². The minimum Gasteiger partial charge on any atom is -0.347 e. The second-order valence-corrected chi connectivity index (χ2v) is 5.63. The van der Waals surface area contributed by atoms with Gasteiger partial charge in [-0.3, -0.25) is 14.5 Å². The topological polar surface area (TPSA) is 46.6 Å². The summed E-state index contributed by atoms with van der Waals surface area (Å²) in [5, 5.41) is 0. The number of hydrogen-bond acceptors (Lipinski definition) is 3. The predicted octanol–water partition coefficient (Wildman–Crippen LogP) is 2.86. The molecule has 4 heteroatoms. The molecule has 1 aliphatic carbocycles. The highest BCUT2D eigenvalue weighted by molar-refractivity contribution is 6.03. The van der Waals surface area contributed by atoms with Gasteiger partial charge in [0.25, 0.3) is 0 Å². The minimum atomic E-state index is -0.989. The number of ketones is 1. The van der Waals surface area contributed by atoms with Gasteiger partial charge in [-0.15, -0.1) is 0 Å². The lowest BCUT2D eigenvalue weighted by atomic mass is 9.94. The van der Waals surface area contributed by atoms with Crippen molar-refractivity contribution >= 4 is 17.4 Å². The Balaban J connectivity index is 2.03. The summed E-state index contributed by atoms with van der Waals surface area (Å²) in [4.78, 5) is 26.1. The molecular weight excluding hydrogens is 278 g/mol. The lowest BCUT2D eigenvalue weighted by molar-refractivity contribution is -0.138. The van der Waals surface area contributed by atoms with Gasteiger partial charge in [-0.2, -0.15) is 0 Å². The molecule has 1 unspecified atom stereocenters. The summed E-state index contributed by atoms with van der Waals surface area (Å²) in [6, 6.07) is 9.46. The van der Waals surface area contributed by atoms with Crippen LogP contribution in [0.4, 0.5) is 5.69 Å². The van der Waals surface area contributed by atoms with Gasteiger partial charge in [0.2, 0.25) is 5.91 Å². The van der Waals surface area contributed by atoms with E-state index in [1.165, 1.54) is 12.2 Å². The third kappa shape index (κ3) is 2.50. The zero-order valence-corrected chi connectivity index (χ0v) is 12.6. The molecule has 1 aromatic carbocycles. The van der Waals surface area contributed by atoms with Crippen LogP contribution in [0.25, 0.3) is 0 Å². The highest BCUT2D eigenvalue weighted by atomic mass is 16.5. The van der Waals surface area contributed by atoms with Crippen LogP contribution in [0.1, 0.15) is 19.8 Å². The summed E-state index contributed by atoms with van der Waals surface area (Å²) in [6.45, 7) is 2.43. The minimum absolute atomic E-state index is 0.0444. The average Bonchev–Trinajstić information content (AvgIpc) is 2.54. The molecule has 0 saturated carbocycles. The van der Waals surface area contributed by atoms with Crippen LogP contribution < -0.4 is 4.90 Å². The van der Waals surface area contributed by atoms with E-state index in [1.807, 2.05) is 30.3 Å². The predicted molar refractivity (Wildman–Crippen MR) is 84.3 cm³/mol. The van der Waals surface area contributed by atoms with Gasteiger partial charge in [0.15, 0.2) is 11.5 Å². The Hall–Kier alpha value is -2.20. The number of para-hydroxylation sites is 1. The van der Waals surface area contributed by atoms with Gasteiger partial charge in [0.05, 0.1) is 12.5 Å². The molecule has 1 saturated heterocycles. The molecule has 1 amide bonds. The standard InChI is InChI=1S/C18H19NO3/c1-2-6-14-13-22-18(11-9-16(20)10-12-18)19(17(14)21)15-7-4-3-5-8-15/h3-5,7-12,14H,2,6,13H2,1H3. The van der Waals surface area contributed by atoms with Crippen LogP contribution in [0.2, 0.25) is 0 Å². The number of amides is 1. The molecule has 4 nitrogen and oxygen atoms in total. The molecule has 1 spiro atoms. The number of ether oxygens (including phenoxy) is 1. The normalized spacial score (nSPS) is 23.3. The van der Waals surface area contributed by atoms with Crippen LogP contribution in [0.15, 0.2) is 54.6 Å². The second kappa shape index (κ2) is 5.89. The van der Waals surface area contributed by atoms with Crippen LogP contribution in [0.5, 0.6) is 0 Å². The van der Waals surface area contributed by atoms with E-state index in [2.05, 4.69) is 6.92 Å². The molecule has 1 fully saturated rings. The van der Waals surface area contributed by atoms with Crippen molar-refractivity contribution in [2.24, 2.45) is 5.92 Å².